The van der Waals surface area contributed by atoms with Gasteiger partial charge in [-0.15, -0.1) is 0 Å². The Hall–Kier alpha value is -1.25. The van der Waals surface area contributed by atoms with E-state index in [9.17, 15) is 4.39 Å². The van der Waals surface area contributed by atoms with Crippen LogP contribution in [0.1, 0.15) is 58.3 Å². The van der Waals surface area contributed by atoms with Gasteiger partial charge in [0.05, 0.1) is 0 Å². The molecule has 108 valence electrons. The van der Waals surface area contributed by atoms with Gasteiger partial charge in [0.15, 0.2) is 11.6 Å². The van der Waals surface area contributed by atoms with Crippen LogP contribution in [-0.4, -0.2) is 11.7 Å². The number of anilines is 1. The summed E-state index contributed by atoms with van der Waals surface area (Å²) in [7, 11) is 0. The van der Waals surface area contributed by atoms with Crippen LogP contribution in [0.2, 0.25) is 0 Å². The van der Waals surface area contributed by atoms with Crippen molar-refractivity contribution in [3.8, 4) is 5.75 Å². The lowest BCUT2D eigenvalue weighted by molar-refractivity contribution is 0.432. The van der Waals surface area contributed by atoms with Crippen molar-refractivity contribution in [2.75, 3.05) is 11.9 Å². The molecule has 0 bridgehead atoms. The van der Waals surface area contributed by atoms with Crippen molar-refractivity contribution >= 4 is 5.69 Å². The molecule has 0 aromatic heterocycles. The topological polar surface area (TPSA) is 32.3 Å². The zero-order valence-electron chi connectivity index (χ0n) is 11.9. The minimum atomic E-state index is -0.569. The van der Waals surface area contributed by atoms with Crippen molar-refractivity contribution < 1.29 is 9.50 Å². The van der Waals surface area contributed by atoms with E-state index < -0.39 is 5.82 Å². The highest BCUT2D eigenvalue weighted by molar-refractivity contribution is 5.46. The molecular formula is C16H26FNO. The number of nitrogens with one attached hydrogen (secondary N) is 1. The maximum atomic E-state index is 13.1. The first-order valence-electron chi connectivity index (χ1n) is 7.46. The lowest BCUT2D eigenvalue weighted by atomic mass is 10.1. The van der Waals surface area contributed by atoms with Crippen molar-refractivity contribution in [3.05, 3.63) is 24.0 Å². The molecule has 0 heterocycles. The second-order valence-corrected chi connectivity index (χ2v) is 5.07. The van der Waals surface area contributed by atoms with Gasteiger partial charge in [0.1, 0.15) is 0 Å². The molecule has 1 aromatic rings. The summed E-state index contributed by atoms with van der Waals surface area (Å²) in [6.07, 6.45) is 10.3. The summed E-state index contributed by atoms with van der Waals surface area (Å²) in [5, 5.41) is 12.2. The van der Waals surface area contributed by atoms with Crippen molar-refractivity contribution in [1.82, 2.24) is 0 Å². The van der Waals surface area contributed by atoms with Crippen molar-refractivity contribution in [3.63, 3.8) is 0 Å². The van der Waals surface area contributed by atoms with Crippen LogP contribution in [-0.2, 0) is 0 Å². The minimum Gasteiger partial charge on any atom is -0.505 e. The van der Waals surface area contributed by atoms with Crippen LogP contribution in [0.15, 0.2) is 18.2 Å². The lowest BCUT2D eigenvalue weighted by Gasteiger charge is -2.07. The third kappa shape index (κ3) is 7.04. The van der Waals surface area contributed by atoms with Crippen LogP contribution in [0.5, 0.6) is 5.75 Å². The Morgan fingerprint density at radius 3 is 2.26 bits per heavy atom. The Balaban J connectivity index is 2.00. The van der Waals surface area contributed by atoms with Gasteiger partial charge in [-0.3, -0.25) is 0 Å². The molecule has 1 rings (SSSR count). The van der Waals surface area contributed by atoms with E-state index in [1.54, 1.807) is 6.07 Å². The number of rotatable bonds is 10. The van der Waals surface area contributed by atoms with Gasteiger partial charge >= 0.3 is 0 Å². The van der Waals surface area contributed by atoms with Crippen LogP contribution in [0.25, 0.3) is 0 Å². The largest absolute Gasteiger partial charge is 0.505 e. The molecule has 2 N–H and O–H groups in total. The second-order valence-electron chi connectivity index (χ2n) is 5.07. The van der Waals surface area contributed by atoms with Crippen LogP contribution >= 0.6 is 0 Å². The number of benzene rings is 1. The summed E-state index contributed by atoms with van der Waals surface area (Å²) in [4.78, 5) is 0. The number of hydrogen-bond acceptors (Lipinski definition) is 2. The highest BCUT2D eigenvalue weighted by Crippen LogP contribution is 2.19. The zero-order chi connectivity index (χ0) is 13.9. The monoisotopic (exact) mass is 267 g/mol. The first kappa shape index (κ1) is 15.8. The Bertz CT molecular complexity index is 355. The fourth-order valence-electron chi connectivity index (χ4n) is 2.11. The van der Waals surface area contributed by atoms with Gasteiger partial charge in [0.2, 0.25) is 0 Å². The van der Waals surface area contributed by atoms with Gasteiger partial charge in [-0.1, -0.05) is 51.9 Å². The minimum absolute atomic E-state index is 0.294. The normalized spacial score (nSPS) is 10.6. The third-order valence-corrected chi connectivity index (χ3v) is 3.31. The predicted molar refractivity (Wildman–Crippen MR) is 79.2 cm³/mol. The molecule has 19 heavy (non-hydrogen) atoms. The summed E-state index contributed by atoms with van der Waals surface area (Å²) in [5.74, 6) is -0.862. The first-order chi connectivity index (χ1) is 9.24. The quantitative estimate of drug-likeness (QED) is 0.457. The van der Waals surface area contributed by atoms with Gasteiger partial charge in [-0.05, 0) is 18.6 Å². The SMILES string of the molecule is CCCCCCCCCCNc1ccc(O)c(F)c1. The summed E-state index contributed by atoms with van der Waals surface area (Å²) in [5.41, 5.74) is 0.734. The Kier molecular flexibility index (Phi) is 8.03. The summed E-state index contributed by atoms with van der Waals surface area (Å²) in [6.45, 7) is 3.09. The third-order valence-electron chi connectivity index (χ3n) is 3.31. The van der Waals surface area contributed by atoms with Crippen LogP contribution in [0.3, 0.4) is 0 Å². The van der Waals surface area contributed by atoms with Gasteiger partial charge in [0.25, 0.3) is 0 Å². The van der Waals surface area contributed by atoms with E-state index in [0.29, 0.717) is 0 Å². The highest BCUT2D eigenvalue weighted by atomic mass is 19.1. The number of unbranched alkanes of at least 4 members (excludes halogenated alkanes) is 7. The molecule has 0 aliphatic rings. The van der Waals surface area contributed by atoms with E-state index in [4.69, 9.17) is 5.11 Å². The maximum absolute atomic E-state index is 13.1. The molecule has 1 aromatic carbocycles. The van der Waals surface area contributed by atoms with E-state index in [1.807, 2.05) is 0 Å². The molecule has 0 atom stereocenters. The molecule has 0 aliphatic heterocycles. The molecule has 0 aliphatic carbocycles. The standard InChI is InChI=1S/C16H26FNO/c1-2-3-4-5-6-7-8-9-12-18-14-10-11-16(19)15(17)13-14/h10-11,13,18-19H,2-9,12H2,1H3. The van der Waals surface area contributed by atoms with E-state index in [2.05, 4.69) is 12.2 Å². The average Bonchev–Trinajstić information content (AvgIpc) is 2.41. The lowest BCUT2D eigenvalue weighted by Crippen LogP contribution is -2.01. The Morgan fingerprint density at radius 2 is 1.63 bits per heavy atom. The second kappa shape index (κ2) is 9.65. The maximum Gasteiger partial charge on any atom is 0.166 e. The molecule has 2 nitrogen and oxygen atoms in total. The van der Waals surface area contributed by atoms with Crippen LogP contribution in [0, 0.1) is 5.82 Å². The summed E-state index contributed by atoms with van der Waals surface area (Å²) >= 11 is 0. The first-order valence-corrected chi connectivity index (χ1v) is 7.46. The molecule has 3 heteroatoms. The average molecular weight is 267 g/mol. The molecule has 0 saturated carbocycles. The van der Waals surface area contributed by atoms with E-state index in [0.717, 1.165) is 18.7 Å². The van der Waals surface area contributed by atoms with Gasteiger partial charge < -0.3 is 10.4 Å². The molecular weight excluding hydrogens is 241 g/mol. The summed E-state index contributed by atoms with van der Waals surface area (Å²) in [6, 6.07) is 4.41. The van der Waals surface area contributed by atoms with E-state index >= 15 is 0 Å². The zero-order valence-corrected chi connectivity index (χ0v) is 11.9. The van der Waals surface area contributed by atoms with E-state index in [1.165, 1.54) is 57.1 Å². The smallest absolute Gasteiger partial charge is 0.166 e. The number of hydrogen-bond donors (Lipinski definition) is 2. The molecule has 0 fully saturated rings. The molecule has 0 radical (unpaired) electrons. The number of phenols is 1. The van der Waals surface area contributed by atoms with Crippen molar-refractivity contribution in [2.45, 2.75) is 58.3 Å². The Labute approximate surface area is 116 Å². The van der Waals surface area contributed by atoms with Gasteiger partial charge in [0, 0.05) is 18.3 Å². The van der Waals surface area contributed by atoms with E-state index in [-0.39, 0.29) is 5.75 Å². The van der Waals surface area contributed by atoms with Crippen molar-refractivity contribution in [1.29, 1.82) is 0 Å². The van der Waals surface area contributed by atoms with Crippen LogP contribution in [0.4, 0.5) is 10.1 Å². The molecule has 0 saturated heterocycles. The number of halogens is 1. The van der Waals surface area contributed by atoms with Gasteiger partial charge in [-0.2, -0.15) is 0 Å². The fraction of sp³-hybridized carbons (Fsp3) is 0.625. The highest BCUT2D eigenvalue weighted by Gasteiger charge is 2.00. The predicted octanol–water partition coefficient (Wildman–Crippen LogP) is 5.08. The fourth-order valence-corrected chi connectivity index (χ4v) is 2.11. The van der Waals surface area contributed by atoms with Gasteiger partial charge in [-0.25, -0.2) is 4.39 Å². The Morgan fingerprint density at radius 1 is 1.00 bits per heavy atom. The number of phenolic OH excluding ortho intramolecular Hbond substituents is 1. The molecule has 0 spiro atoms. The molecule has 0 unspecified atom stereocenters. The van der Waals surface area contributed by atoms with Crippen LogP contribution < -0.4 is 5.32 Å². The molecule has 0 amide bonds. The van der Waals surface area contributed by atoms with Crippen molar-refractivity contribution in [2.24, 2.45) is 0 Å². The summed E-state index contributed by atoms with van der Waals surface area (Å²) < 4.78 is 13.1. The number of aromatic hydroxyl groups is 1.